The number of pyridine rings is 1. The monoisotopic (exact) mass is 260 g/mol. The van der Waals surface area contributed by atoms with Gasteiger partial charge in [0.05, 0.1) is 17.3 Å². The van der Waals surface area contributed by atoms with E-state index in [2.05, 4.69) is 20.9 Å². The Kier molecular flexibility index (Phi) is 3.88. The predicted molar refractivity (Wildman–Crippen MR) is 57.0 cm³/mol. The smallest absolute Gasteiger partial charge is 0.229 e. The largest absolute Gasteiger partial charge is 0.501 e. The number of rotatable bonds is 3. The van der Waals surface area contributed by atoms with Crippen molar-refractivity contribution in [1.29, 1.82) is 0 Å². The first-order chi connectivity index (χ1) is 6.65. The molecule has 14 heavy (non-hydrogen) atoms. The van der Waals surface area contributed by atoms with Crippen LogP contribution in [0.1, 0.15) is 12.5 Å². The zero-order valence-electron chi connectivity index (χ0n) is 7.63. The summed E-state index contributed by atoms with van der Waals surface area (Å²) in [5.41, 5.74) is 6.11. The van der Waals surface area contributed by atoms with Gasteiger partial charge in [-0.25, -0.2) is 4.98 Å². The summed E-state index contributed by atoms with van der Waals surface area (Å²) < 4.78 is 18.1. The van der Waals surface area contributed by atoms with E-state index in [0.29, 0.717) is 12.2 Å². The van der Waals surface area contributed by atoms with Gasteiger partial charge < -0.3 is 10.5 Å². The van der Waals surface area contributed by atoms with Gasteiger partial charge in [-0.2, -0.15) is 4.39 Å². The molecular formula is C9H10BrFN2O. The summed E-state index contributed by atoms with van der Waals surface area (Å²) in [6.07, 6.45) is 3.13. The summed E-state index contributed by atoms with van der Waals surface area (Å²) in [5.74, 6) is -0.474. The fourth-order valence-electron chi connectivity index (χ4n) is 0.845. The van der Waals surface area contributed by atoms with Crippen molar-refractivity contribution < 1.29 is 9.13 Å². The second-order valence-corrected chi connectivity index (χ2v) is 3.35. The first-order valence-electron chi connectivity index (χ1n) is 4.04. The Morgan fingerprint density at radius 3 is 3.07 bits per heavy atom. The maximum atomic E-state index is 12.9. The number of halogens is 2. The summed E-state index contributed by atoms with van der Waals surface area (Å²) >= 11 is 3.02. The molecule has 2 N–H and O–H groups in total. The number of anilines is 1. The van der Waals surface area contributed by atoms with Crippen LogP contribution in [0.2, 0.25) is 0 Å². The van der Waals surface area contributed by atoms with Gasteiger partial charge in [0.15, 0.2) is 0 Å². The lowest BCUT2D eigenvalue weighted by Crippen LogP contribution is -1.97. The molecule has 0 fully saturated rings. The maximum absolute atomic E-state index is 12.9. The molecule has 0 amide bonds. The lowest BCUT2D eigenvalue weighted by molar-refractivity contribution is 0.272. The molecule has 3 nitrogen and oxygen atoms in total. The molecule has 0 aliphatic carbocycles. The number of nitrogens with two attached hydrogens (primary N) is 1. The topological polar surface area (TPSA) is 48.1 Å². The second-order valence-electron chi connectivity index (χ2n) is 2.49. The van der Waals surface area contributed by atoms with Crippen LogP contribution in [0.4, 0.5) is 10.2 Å². The Labute approximate surface area is 89.9 Å². The third kappa shape index (κ3) is 2.70. The molecule has 1 rings (SSSR count). The normalized spacial score (nSPS) is 10.8. The van der Waals surface area contributed by atoms with Gasteiger partial charge in [0.1, 0.15) is 5.82 Å². The van der Waals surface area contributed by atoms with Crippen LogP contribution in [0.5, 0.6) is 0 Å². The average molecular weight is 261 g/mol. The lowest BCUT2D eigenvalue weighted by Gasteiger charge is -2.01. The van der Waals surface area contributed by atoms with Gasteiger partial charge in [0.25, 0.3) is 0 Å². The minimum absolute atomic E-state index is 0.140. The molecule has 1 aromatic rings. The van der Waals surface area contributed by atoms with Gasteiger partial charge in [0, 0.05) is 5.56 Å². The van der Waals surface area contributed by atoms with E-state index >= 15 is 0 Å². The van der Waals surface area contributed by atoms with Crippen molar-refractivity contribution in [2.75, 3.05) is 12.3 Å². The zero-order valence-corrected chi connectivity index (χ0v) is 9.21. The van der Waals surface area contributed by atoms with E-state index < -0.39 is 5.95 Å². The average Bonchev–Trinajstić information content (AvgIpc) is 2.14. The highest BCUT2D eigenvalue weighted by Crippen LogP contribution is 2.20. The molecule has 0 saturated carbocycles. The highest BCUT2D eigenvalue weighted by Gasteiger charge is 2.04. The number of hydrogen-bond acceptors (Lipinski definition) is 3. The summed E-state index contributed by atoms with van der Waals surface area (Å²) in [7, 11) is 0. The summed E-state index contributed by atoms with van der Waals surface area (Å²) in [5, 5.41) is 0. The maximum Gasteiger partial charge on any atom is 0.229 e. The van der Waals surface area contributed by atoms with Crippen LogP contribution < -0.4 is 5.73 Å². The van der Waals surface area contributed by atoms with Gasteiger partial charge in [-0.3, -0.25) is 0 Å². The SMILES string of the molecule is CCO/C=C/c1cc(Br)c(F)nc1N. The fourth-order valence-corrected chi connectivity index (χ4v) is 1.18. The van der Waals surface area contributed by atoms with E-state index in [1.54, 1.807) is 12.1 Å². The Hall–Kier alpha value is -1.10. The van der Waals surface area contributed by atoms with Gasteiger partial charge in [0.2, 0.25) is 5.95 Å². The molecule has 1 aromatic heterocycles. The molecule has 1 heterocycles. The molecule has 0 radical (unpaired) electrons. The van der Waals surface area contributed by atoms with Crippen molar-refractivity contribution in [2.24, 2.45) is 0 Å². The molecule has 0 bridgehead atoms. The zero-order chi connectivity index (χ0) is 10.6. The van der Waals surface area contributed by atoms with Crippen molar-refractivity contribution >= 4 is 27.8 Å². The molecule has 0 aromatic carbocycles. The number of nitrogens with zero attached hydrogens (tertiary/aromatic N) is 1. The van der Waals surface area contributed by atoms with Crippen molar-refractivity contribution in [1.82, 2.24) is 4.98 Å². The standard InChI is InChI=1S/C9H10BrFN2O/c1-2-14-4-3-6-5-7(10)8(11)13-9(6)12/h3-5H,2H2,1H3,(H2,12,13)/b4-3+. The quantitative estimate of drug-likeness (QED) is 0.672. The highest BCUT2D eigenvalue weighted by molar-refractivity contribution is 9.10. The minimum Gasteiger partial charge on any atom is -0.501 e. The summed E-state index contributed by atoms with van der Waals surface area (Å²) in [6, 6.07) is 1.55. The van der Waals surface area contributed by atoms with Crippen molar-refractivity contribution in [3.8, 4) is 0 Å². The molecule has 0 aliphatic rings. The molecule has 0 aliphatic heterocycles. The molecular weight excluding hydrogens is 251 g/mol. The van der Waals surface area contributed by atoms with Gasteiger partial charge in [-0.15, -0.1) is 0 Å². The fraction of sp³-hybridized carbons (Fsp3) is 0.222. The van der Waals surface area contributed by atoms with E-state index in [0.717, 1.165) is 0 Å². The van der Waals surface area contributed by atoms with Gasteiger partial charge >= 0.3 is 0 Å². The van der Waals surface area contributed by atoms with Gasteiger partial charge in [-0.05, 0) is 35.0 Å². The molecule has 0 unspecified atom stereocenters. The summed E-state index contributed by atoms with van der Waals surface area (Å²) in [6.45, 7) is 2.44. The van der Waals surface area contributed by atoms with E-state index in [1.165, 1.54) is 6.26 Å². The Morgan fingerprint density at radius 1 is 1.71 bits per heavy atom. The number of ether oxygens (including phenoxy) is 1. The molecule has 76 valence electrons. The van der Waals surface area contributed by atoms with E-state index in [1.807, 2.05) is 6.92 Å². The van der Waals surface area contributed by atoms with Crippen LogP contribution >= 0.6 is 15.9 Å². The molecule has 0 saturated heterocycles. The molecule has 0 atom stereocenters. The highest BCUT2D eigenvalue weighted by atomic mass is 79.9. The lowest BCUT2D eigenvalue weighted by atomic mass is 10.2. The predicted octanol–water partition coefficient (Wildman–Crippen LogP) is 2.57. The van der Waals surface area contributed by atoms with Crippen LogP contribution in [0.3, 0.4) is 0 Å². The number of aromatic nitrogens is 1. The van der Waals surface area contributed by atoms with Crippen molar-refractivity contribution in [3.63, 3.8) is 0 Å². The van der Waals surface area contributed by atoms with Crippen molar-refractivity contribution in [3.05, 3.63) is 28.3 Å². The van der Waals surface area contributed by atoms with E-state index in [9.17, 15) is 4.39 Å². The Bertz CT molecular complexity index is 355. The van der Waals surface area contributed by atoms with Crippen molar-refractivity contribution in [2.45, 2.75) is 6.92 Å². The number of nitrogen functional groups attached to an aromatic ring is 1. The van der Waals surface area contributed by atoms with E-state index in [4.69, 9.17) is 10.5 Å². The van der Waals surface area contributed by atoms with Crippen LogP contribution in [0.25, 0.3) is 6.08 Å². The van der Waals surface area contributed by atoms with Crippen LogP contribution in [0.15, 0.2) is 16.8 Å². The first-order valence-corrected chi connectivity index (χ1v) is 4.84. The Balaban J connectivity index is 2.92. The van der Waals surface area contributed by atoms with Crippen LogP contribution in [-0.4, -0.2) is 11.6 Å². The number of hydrogen-bond donors (Lipinski definition) is 1. The second kappa shape index (κ2) is 4.95. The third-order valence-electron chi connectivity index (χ3n) is 1.50. The van der Waals surface area contributed by atoms with Crippen LogP contribution in [0, 0.1) is 5.95 Å². The minimum atomic E-state index is -0.615. The molecule has 0 spiro atoms. The third-order valence-corrected chi connectivity index (χ3v) is 2.06. The van der Waals surface area contributed by atoms with E-state index in [-0.39, 0.29) is 10.3 Å². The first kappa shape index (κ1) is 11.0. The summed E-state index contributed by atoms with van der Waals surface area (Å²) in [4.78, 5) is 3.51. The van der Waals surface area contributed by atoms with Gasteiger partial charge in [-0.1, -0.05) is 0 Å². The Morgan fingerprint density at radius 2 is 2.43 bits per heavy atom. The van der Waals surface area contributed by atoms with Crippen LogP contribution in [-0.2, 0) is 4.74 Å². The molecule has 5 heteroatoms.